The molecule has 12 heteroatoms. The van der Waals surface area contributed by atoms with Crippen molar-refractivity contribution in [1.29, 1.82) is 0 Å². The molecular weight excluding hydrogens is 1520 g/mol. The van der Waals surface area contributed by atoms with E-state index in [9.17, 15) is 0 Å². The summed E-state index contributed by atoms with van der Waals surface area (Å²) < 4.78 is 0. The molecule has 14 aliphatic rings. The Kier molecular flexibility index (Phi) is 18.5. The van der Waals surface area contributed by atoms with Gasteiger partial charge in [0.15, 0.2) is 0 Å². The second-order valence-electron chi connectivity index (χ2n) is 33.9. The van der Waals surface area contributed by atoms with Gasteiger partial charge in [-0.3, -0.25) is 0 Å². The van der Waals surface area contributed by atoms with Gasteiger partial charge in [-0.05, 0) is 263 Å². The summed E-state index contributed by atoms with van der Waals surface area (Å²) in [6, 6.07) is 92.0. The Morgan fingerprint density at radius 2 is 0.659 bits per heavy atom. The van der Waals surface area contributed by atoms with Gasteiger partial charge in [0.1, 0.15) is 0 Å². The van der Waals surface area contributed by atoms with Crippen LogP contribution in [-0.4, -0.2) is 70.0 Å². The molecule has 0 radical (unpaired) electrons. The van der Waals surface area contributed by atoms with E-state index in [1.807, 2.05) is 0 Å². The molecule has 0 aliphatic carbocycles. The number of fused-ring (bicyclic) bond motifs is 30. The van der Waals surface area contributed by atoms with Gasteiger partial charge in [0, 0.05) is 37.5 Å². The second-order valence-corrected chi connectivity index (χ2v) is 33.9. The number of hydrogen-bond acceptors (Lipinski definition) is 6. The van der Waals surface area contributed by atoms with Crippen LogP contribution in [0.4, 0.5) is 0 Å². The highest BCUT2D eigenvalue weighted by molar-refractivity contribution is 6.85. The molecule has 0 fully saturated rings. The Morgan fingerprint density at radius 1 is 0.222 bits per heavy atom. The predicted octanol–water partition coefficient (Wildman–Crippen LogP) is 16.7. The summed E-state index contributed by atoms with van der Waals surface area (Å²) in [7, 11) is 0. The van der Waals surface area contributed by atoms with Gasteiger partial charge in [0.25, 0.3) is 0 Å². The summed E-state index contributed by atoms with van der Waals surface area (Å²) in [5.41, 5.74) is 8.03. The third kappa shape index (κ3) is 13.3. The lowest BCUT2D eigenvalue weighted by molar-refractivity contribution is 0.683. The van der Waals surface area contributed by atoms with Crippen molar-refractivity contribution >= 4 is 210 Å². The maximum Gasteiger partial charge on any atom is 0.328 e. The van der Waals surface area contributed by atoms with Crippen molar-refractivity contribution in [2.24, 2.45) is 0 Å². The van der Waals surface area contributed by atoms with E-state index < -0.39 is 0 Å². The lowest BCUT2D eigenvalue weighted by atomic mass is 9.43. The second kappa shape index (κ2) is 31.4. The third-order valence-corrected chi connectivity index (χ3v) is 26.7. The highest BCUT2D eigenvalue weighted by Gasteiger charge is 2.38. The minimum absolute atomic E-state index is 0.301. The minimum atomic E-state index is 0.301. The van der Waals surface area contributed by atoms with Gasteiger partial charge in [0.05, 0.1) is 0 Å². The van der Waals surface area contributed by atoms with Crippen molar-refractivity contribution in [1.82, 2.24) is 28.9 Å². The van der Waals surface area contributed by atoms with E-state index in [0.717, 1.165) is 0 Å². The summed E-state index contributed by atoms with van der Waals surface area (Å²) >= 11 is 0. The molecule has 0 saturated heterocycles. The molecule has 29 rings (SSSR count). The fourth-order valence-corrected chi connectivity index (χ4v) is 20.5. The van der Waals surface area contributed by atoms with Crippen LogP contribution in [0.3, 0.4) is 0 Å². The molecule has 0 spiro atoms. The van der Waals surface area contributed by atoms with Crippen LogP contribution in [0.5, 0.6) is 0 Å². The molecule has 584 valence electrons. The molecule has 0 amide bonds. The van der Waals surface area contributed by atoms with Gasteiger partial charge >= 0.3 is 41.1 Å². The van der Waals surface area contributed by atoms with Crippen LogP contribution >= 0.6 is 0 Å². The van der Waals surface area contributed by atoms with Gasteiger partial charge in [0.2, 0.25) is 0 Å². The fourth-order valence-electron chi connectivity index (χ4n) is 20.5. The van der Waals surface area contributed by atoms with E-state index >= 15 is 0 Å². The SMILES string of the molecule is C1=CB2C=c3c(c4ccccc4c4ccccc34)=CN2C=C1.C1=CB2C=c3ccc4c(ccc5ccccc54)c3=CN2C=C1.C1=CB2C=c3ccc4cc5ccccc5cc4c3=CN2C=C1.C1=CB2C=c3ccc4ccc5ccccc5c4c3=CN2C=C1.C1=CC2=CC=C3C=CC=C4C=CC(=C1)B2N43.C1=CN2C=c3c(ccc4ccccc34)=CB2c2ccccc21. The van der Waals surface area contributed by atoms with E-state index in [1.165, 1.54) is 183 Å². The Labute approximate surface area is 733 Å². The van der Waals surface area contributed by atoms with Crippen LogP contribution in [0.15, 0.2) is 441 Å². The topological polar surface area (TPSA) is 19.4 Å². The number of hydrogen-bond donors (Lipinski definition) is 0. The summed E-state index contributed by atoms with van der Waals surface area (Å²) in [5.74, 6) is 20.7. The van der Waals surface area contributed by atoms with Crippen LogP contribution in [0.25, 0.3) is 164 Å². The Bertz CT molecular complexity index is 8290. The normalized spacial score (nSPS) is 16.3. The van der Waals surface area contributed by atoms with Gasteiger partial charge in [-0.25, -0.2) is 0 Å². The standard InChI is InChI=1S/5C20H14BN.C14H10BN/c1-3-9-17-15(7-1)16-8-2-4-10-18(16)20-14-22-12-6-5-11-21(22)13-19(17)20;1-3-7-18-15(5-1)9-10-17-13-21-20-8-4-2-6-16(20)11-12-22(21)14-19(17)18;1-2-6-17-15(5-1)7-9-19-18(17)10-8-16-13-21-11-3-4-12-22(21)14-20(16)19;1-2-6-18-15(5-1)7-8-16-9-10-17-13-21-11-3-4-12-22(21)14-19(17)20(16)18;1-2-6-16-12-19-17(11-15(16)5-1)7-8-18-13-21-9-3-4-10-22(21)14-20(18)19;1-3-11-7-9-13-5-2-6-14-10-8-12(4-1)15(11)16(13)14/h5*1-14H;1-10H. The zero-order valence-electron chi connectivity index (χ0n) is 69.3. The molecule has 14 heterocycles. The average Bonchev–Trinajstić information content (AvgIpc) is 0.672. The number of allylic oxidation sites excluding steroid dienone is 20. The van der Waals surface area contributed by atoms with Crippen LogP contribution in [-0.2, 0) is 0 Å². The van der Waals surface area contributed by atoms with Gasteiger partial charge in [-0.2, -0.15) is 0 Å². The van der Waals surface area contributed by atoms with Crippen molar-refractivity contribution in [2.45, 2.75) is 0 Å². The van der Waals surface area contributed by atoms with Crippen molar-refractivity contribution in [3.8, 4) is 0 Å². The van der Waals surface area contributed by atoms with Crippen molar-refractivity contribution in [3.63, 3.8) is 0 Å². The summed E-state index contributed by atoms with van der Waals surface area (Å²) in [6.07, 6.45) is 63.1. The van der Waals surface area contributed by atoms with Crippen molar-refractivity contribution in [2.75, 3.05) is 0 Å². The largest absolute Gasteiger partial charge is 0.389 e. The number of nitrogens with zero attached hydrogens (tertiary/aromatic N) is 6. The molecule has 0 bridgehead atoms. The minimum Gasteiger partial charge on any atom is -0.389 e. The highest BCUT2D eigenvalue weighted by Crippen LogP contribution is 2.38. The number of benzene rings is 15. The van der Waals surface area contributed by atoms with Gasteiger partial charge in [-0.1, -0.05) is 368 Å². The summed E-state index contributed by atoms with van der Waals surface area (Å²) in [5, 5.41) is 37.0. The molecule has 0 N–H and O–H groups in total. The Hall–Kier alpha value is -15.6. The molecule has 0 saturated carbocycles. The lowest BCUT2D eigenvalue weighted by Gasteiger charge is -2.41. The van der Waals surface area contributed by atoms with E-state index in [4.69, 9.17) is 0 Å². The maximum atomic E-state index is 2.41. The molecule has 0 atom stereocenters. The molecule has 126 heavy (non-hydrogen) atoms. The van der Waals surface area contributed by atoms with Gasteiger partial charge in [-0.15, -0.1) is 0 Å². The third-order valence-electron chi connectivity index (χ3n) is 26.7. The first-order valence-electron chi connectivity index (χ1n) is 43.9. The molecule has 14 aliphatic heterocycles. The first-order valence-corrected chi connectivity index (χ1v) is 43.9. The van der Waals surface area contributed by atoms with E-state index in [-0.39, 0.29) is 0 Å². The van der Waals surface area contributed by atoms with Crippen LogP contribution in [0.2, 0.25) is 0 Å². The molecule has 15 aromatic carbocycles. The fraction of sp³-hybridized carbons (Fsp3) is 0. The molecule has 0 unspecified atom stereocenters. The number of rotatable bonds is 0. The first-order chi connectivity index (χ1) is 62.4. The lowest BCUT2D eigenvalue weighted by Crippen LogP contribution is -2.51. The average molecular weight is 1600 g/mol. The van der Waals surface area contributed by atoms with Crippen LogP contribution in [0, 0.1) is 0 Å². The zero-order chi connectivity index (χ0) is 83.1. The van der Waals surface area contributed by atoms with Crippen LogP contribution < -0.4 is 57.6 Å². The van der Waals surface area contributed by atoms with Crippen molar-refractivity contribution < 1.29 is 0 Å². The Morgan fingerprint density at radius 3 is 1.35 bits per heavy atom. The smallest absolute Gasteiger partial charge is 0.328 e. The molecular formula is C114H80B6N6. The van der Waals surface area contributed by atoms with E-state index in [1.54, 1.807) is 0 Å². The summed E-state index contributed by atoms with van der Waals surface area (Å²) in [4.78, 5) is 13.8. The molecule has 15 aromatic rings. The van der Waals surface area contributed by atoms with E-state index in [2.05, 4.69) is 515 Å². The monoisotopic (exact) mass is 1600 g/mol. The van der Waals surface area contributed by atoms with Gasteiger partial charge < -0.3 is 28.9 Å². The zero-order valence-corrected chi connectivity index (χ0v) is 69.3. The van der Waals surface area contributed by atoms with Crippen molar-refractivity contribution in [3.05, 3.63) is 499 Å². The predicted molar refractivity (Wildman–Crippen MR) is 544 cm³/mol. The first kappa shape index (κ1) is 74.2. The molecule has 6 nitrogen and oxygen atoms in total. The summed E-state index contributed by atoms with van der Waals surface area (Å²) in [6.45, 7) is 2.04. The Balaban J connectivity index is 0.0000000848. The quantitative estimate of drug-likeness (QED) is 0.0850. The maximum absolute atomic E-state index is 2.41. The molecule has 0 aromatic heterocycles. The highest BCUT2D eigenvalue weighted by atomic mass is 15.1. The van der Waals surface area contributed by atoms with Crippen LogP contribution in [0.1, 0.15) is 5.56 Å². The van der Waals surface area contributed by atoms with E-state index in [0.29, 0.717) is 41.1 Å².